The summed E-state index contributed by atoms with van der Waals surface area (Å²) in [6.07, 6.45) is -3.34. The van der Waals surface area contributed by atoms with Crippen LogP contribution in [0.3, 0.4) is 0 Å². The molecule has 1 N–H and O–H groups in total. The van der Waals surface area contributed by atoms with Gasteiger partial charge in [-0.05, 0) is 38.1 Å². The van der Waals surface area contributed by atoms with E-state index in [1.54, 1.807) is 26.1 Å². The van der Waals surface area contributed by atoms with E-state index in [0.717, 1.165) is 12.1 Å². The number of carbonyl (C=O) groups is 1. The van der Waals surface area contributed by atoms with E-state index in [4.69, 9.17) is 4.74 Å². The molecule has 1 aliphatic rings. The maximum atomic E-state index is 14.7. The number of aryl methyl sites for hydroxylation is 2. The summed E-state index contributed by atoms with van der Waals surface area (Å²) in [5.74, 6) is -1.37. The SMILES string of the molecule is Cc1cnc(C)c(-c2cc(F)c3c(c2)C[C@H](CNC(=O)c2ccccc2C(F)(F)F)O3)n1. The smallest absolute Gasteiger partial charge is 0.417 e. The molecule has 0 spiro atoms. The number of alkyl halides is 3. The summed E-state index contributed by atoms with van der Waals surface area (Å²) in [5.41, 5.74) is 1.58. The van der Waals surface area contributed by atoms with Crippen LogP contribution < -0.4 is 10.1 Å². The van der Waals surface area contributed by atoms with Crippen LogP contribution >= 0.6 is 0 Å². The fourth-order valence-corrected chi connectivity index (χ4v) is 3.68. The van der Waals surface area contributed by atoms with E-state index < -0.39 is 35.1 Å². The average Bonchev–Trinajstić information content (AvgIpc) is 3.17. The van der Waals surface area contributed by atoms with E-state index >= 15 is 0 Å². The van der Waals surface area contributed by atoms with Gasteiger partial charge in [0.05, 0.1) is 34.8 Å². The number of nitrogens with one attached hydrogen (secondary N) is 1. The molecule has 1 aliphatic heterocycles. The Balaban J connectivity index is 1.49. The Morgan fingerprint density at radius 2 is 1.97 bits per heavy atom. The molecule has 0 bridgehead atoms. The quantitative estimate of drug-likeness (QED) is 0.594. The van der Waals surface area contributed by atoms with E-state index in [-0.39, 0.29) is 12.3 Å². The second kappa shape index (κ2) is 8.22. The molecule has 1 aromatic heterocycles. The van der Waals surface area contributed by atoms with Crippen molar-refractivity contribution in [3.63, 3.8) is 0 Å². The molecule has 0 fully saturated rings. The molecular weight excluding hydrogens is 426 g/mol. The third-order valence-corrected chi connectivity index (χ3v) is 5.17. The maximum Gasteiger partial charge on any atom is 0.417 e. The van der Waals surface area contributed by atoms with Crippen molar-refractivity contribution < 1.29 is 27.1 Å². The zero-order chi connectivity index (χ0) is 23.0. The number of fused-ring (bicyclic) bond motifs is 1. The molecule has 166 valence electrons. The summed E-state index contributed by atoms with van der Waals surface area (Å²) in [6, 6.07) is 7.62. The highest BCUT2D eigenvalue weighted by molar-refractivity contribution is 5.95. The molecule has 2 heterocycles. The Bertz CT molecular complexity index is 1190. The van der Waals surface area contributed by atoms with Crippen LogP contribution in [0, 0.1) is 19.7 Å². The van der Waals surface area contributed by atoms with E-state index in [1.807, 2.05) is 0 Å². The molecule has 1 atom stereocenters. The predicted molar refractivity (Wildman–Crippen MR) is 109 cm³/mol. The van der Waals surface area contributed by atoms with Gasteiger partial charge in [-0.3, -0.25) is 9.78 Å². The van der Waals surface area contributed by atoms with Gasteiger partial charge in [0.1, 0.15) is 6.10 Å². The Labute approximate surface area is 181 Å². The molecule has 4 rings (SSSR count). The van der Waals surface area contributed by atoms with E-state index in [0.29, 0.717) is 34.6 Å². The van der Waals surface area contributed by atoms with Gasteiger partial charge in [0, 0.05) is 23.7 Å². The van der Waals surface area contributed by atoms with Gasteiger partial charge in [0.15, 0.2) is 11.6 Å². The van der Waals surface area contributed by atoms with Crippen LogP contribution in [0.4, 0.5) is 17.6 Å². The Morgan fingerprint density at radius 1 is 1.22 bits per heavy atom. The summed E-state index contributed by atoms with van der Waals surface area (Å²) in [6.45, 7) is 3.50. The molecule has 0 unspecified atom stereocenters. The molecule has 2 aromatic carbocycles. The van der Waals surface area contributed by atoms with Gasteiger partial charge in [0.25, 0.3) is 5.91 Å². The maximum absolute atomic E-state index is 14.7. The molecular formula is C23H19F4N3O2. The Kier molecular flexibility index (Phi) is 5.58. The second-order valence-corrected chi connectivity index (χ2v) is 7.59. The zero-order valence-electron chi connectivity index (χ0n) is 17.3. The van der Waals surface area contributed by atoms with Gasteiger partial charge in [-0.25, -0.2) is 9.37 Å². The zero-order valence-corrected chi connectivity index (χ0v) is 17.3. The van der Waals surface area contributed by atoms with Gasteiger partial charge in [0.2, 0.25) is 0 Å². The third-order valence-electron chi connectivity index (χ3n) is 5.17. The minimum atomic E-state index is -4.65. The number of benzene rings is 2. The van der Waals surface area contributed by atoms with Crippen molar-refractivity contribution in [2.75, 3.05) is 6.54 Å². The summed E-state index contributed by atoms with van der Waals surface area (Å²) in [7, 11) is 0. The highest BCUT2D eigenvalue weighted by Crippen LogP contribution is 2.36. The summed E-state index contributed by atoms with van der Waals surface area (Å²) in [5, 5.41) is 2.46. The number of nitrogens with zero attached hydrogens (tertiary/aromatic N) is 2. The summed E-state index contributed by atoms with van der Waals surface area (Å²) >= 11 is 0. The number of rotatable bonds is 4. The van der Waals surface area contributed by atoms with Gasteiger partial charge in [-0.1, -0.05) is 12.1 Å². The molecule has 0 saturated heterocycles. The van der Waals surface area contributed by atoms with Crippen LogP contribution in [0.25, 0.3) is 11.3 Å². The minimum Gasteiger partial charge on any atom is -0.485 e. The average molecular weight is 445 g/mol. The molecule has 5 nitrogen and oxygen atoms in total. The molecule has 9 heteroatoms. The fraction of sp³-hybridized carbons (Fsp3) is 0.261. The van der Waals surface area contributed by atoms with E-state index in [9.17, 15) is 22.4 Å². The molecule has 32 heavy (non-hydrogen) atoms. The number of amides is 1. The second-order valence-electron chi connectivity index (χ2n) is 7.59. The number of ether oxygens (including phenoxy) is 1. The molecule has 1 amide bonds. The Hall–Kier alpha value is -3.49. The van der Waals surface area contributed by atoms with Gasteiger partial charge < -0.3 is 10.1 Å². The number of aromatic nitrogens is 2. The molecule has 3 aromatic rings. The third kappa shape index (κ3) is 4.28. The van der Waals surface area contributed by atoms with Crippen LogP contribution in [-0.2, 0) is 12.6 Å². The lowest BCUT2D eigenvalue weighted by Gasteiger charge is -2.15. The number of hydrogen-bond donors (Lipinski definition) is 1. The van der Waals surface area contributed by atoms with Crippen molar-refractivity contribution >= 4 is 5.91 Å². The summed E-state index contributed by atoms with van der Waals surface area (Å²) in [4.78, 5) is 21.0. The van der Waals surface area contributed by atoms with Gasteiger partial charge >= 0.3 is 6.18 Å². The lowest BCUT2D eigenvalue weighted by molar-refractivity contribution is -0.137. The first-order valence-electron chi connectivity index (χ1n) is 9.87. The number of halogens is 4. The highest BCUT2D eigenvalue weighted by Gasteiger charge is 2.35. The predicted octanol–water partition coefficient (Wildman–Crippen LogP) is 4.65. The lowest BCUT2D eigenvalue weighted by atomic mass is 10.0. The number of carbonyl (C=O) groups excluding carboxylic acids is 1. The van der Waals surface area contributed by atoms with Crippen molar-refractivity contribution in [1.29, 1.82) is 0 Å². The van der Waals surface area contributed by atoms with Crippen molar-refractivity contribution in [2.45, 2.75) is 32.5 Å². The van der Waals surface area contributed by atoms with E-state index in [1.165, 1.54) is 18.2 Å². The minimum absolute atomic E-state index is 0.0713. The van der Waals surface area contributed by atoms with Crippen molar-refractivity contribution in [2.24, 2.45) is 0 Å². The van der Waals surface area contributed by atoms with Crippen LogP contribution in [-0.4, -0.2) is 28.5 Å². The van der Waals surface area contributed by atoms with Crippen LogP contribution in [0.2, 0.25) is 0 Å². The standard InChI is InChI=1S/C23H19F4N3O2/c1-12-10-28-13(2)20(30-12)14-7-15-8-16(32-21(15)19(24)9-14)11-29-22(31)17-5-3-4-6-18(17)23(25,26)27/h3-7,9-10,16H,8,11H2,1-2H3,(H,29,31)/t16-/m1/s1. The first-order chi connectivity index (χ1) is 15.1. The fourth-order valence-electron chi connectivity index (χ4n) is 3.68. The van der Waals surface area contributed by atoms with Crippen LogP contribution in [0.15, 0.2) is 42.6 Å². The first kappa shape index (κ1) is 21.7. The highest BCUT2D eigenvalue weighted by atomic mass is 19.4. The largest absolute Gasteiger partial charge is 0.485 e. The summed E-state index contributed by atoms with van der Waals surface area (Å²) < 4.78 is 59.8. The Morgan fingerprint density at radius 3 is 2.72 bits per heavy atom. The van der Waals surface area contributed by atoms with E-state index in [2.05, 4.69) is 15.3 Å². The molecule has 0 aliphatic carbocycles. The van der Waals surface area contributed by atoms with Crippen LogP contribution in [0.5, 0.6) is 5.75 Å². The first-order valence-corrected chi connectivity index (χ1v) is 9.87. The normalized spacial score (nSPS) is 15.2. The van der Waals surface area contributed by atoms with Gasteiger partial charge in [-0.2, -0.15) is 13.2 Å². The van der Waals surface area contributed by atoms with Gasteiger partial charge in [-0.15, -0.1) is 0 Å². The molecule has 0 saturated carbocycles. The van der Waals surface area contributed by atoms with Crippen molar-refractivity contribution in [3.05, 3.63) is 76.5 Å². The monoisotopic (exact) mass is 445 g/mol. The number of hydrogen-bond acceptors (Lipinski definition) is 4. The van der Waals surface area contributed by atoms with Crippen molar-refractivity contribution in [3.8, 4) is 17.0 Å². The van der Waals surface area contributed by atoms with Crippen molar-refractivity contribution in [1.82, 2.24) is 15.3 Å². The molecule has 0 radical (unpaired) electrons. The lowest BCUT2D eigenvalue weighted by Crippen LogP contribution is -2.35. The topological polar surface area (TPSA) is 64.1 Å². The van der Waals surface area contributed by atoms with Crippen LogP contribution in [0.1, 0.15) is 32.9 Å².